The average molecular weight is 335 g/mol. The first-order chi connectivity index (χ1) is 12.3. The fourth-order valence-electron chi connectivity index (χ4n) is 3.09. The first kappa shape index (κ1) is 17.0. The highest BCUT2D eigenvalue weighted by Crippen LogP contribution is 2.26. The van der Waals surface area contributed by atoms with E-state index in [1.165, 1.54) is 11.1 Å². The van der Waals surface area contributed by atoms with E-state index in [2.05, 4.69) is 28.8 Å². The van der Waals surface area contributed by atoms with Crippen LogP contribution in [0.15, 0.2) is 54.6 Å². The van der Waals surface area contributed by atoms with Gasteiger partial charge in [-0.2, -0.15) is 5.26 Å². The standard InChI is InChI=1S/C20H21N3O2/c21-13-17(23-20(24)25-14-15-6-2-1-3-7-15)12-19-18-9-5-4-8-16(18)10-11-22-19/h1-9,17,19,22H,10-12,14H2,(H,23,24)/t17-,19-/m0/s1. The fraction of sp³-hybridized carbons (Fsp3) is 0.300. The number of nitrogens with zero attached hydrogens (tertiary/aromatic N) is 1. The summed E-state index contributed by atoms with van der Waals surface area (Å²) in [6.45, 7) is 1.06. The fourth-order valence-corrected chi connectivity index (χ4v) is 3.09. The Morgan fingerprint density at radius 2 is 2.00 bits per heavy atom. The quantitative estimate of drug-likeness (QED) is 0.880. The first-order valence-electron chi connectivity index (χ1n) is 8.44. The van der Waals surface area contributed by atoms with Crippen molar-refractivity contribution >= 4 is 6.09 Å². The smallest absolute Gasteiger partial charge is 0.408 e. The number of nitrogens with one attached hydrogen (secondary N) is 2. The molecule has 0 saturated carbocycles. The minimum atomic E-state index is -0.605. The van der Waals surface area contributed by atoms with E-state index < -0.39 is 12.1 Å². The Morgan fingerprint density at radius 1 is 1.24 bits per heavy atom. The minimum Gasteiger partial charge on any atom is -0.445 e. The van der Waals surface area contributed by atoms with Gasteiger partial charge in [0.15, 0.2) is 0 Å². The molecule has 1 aliphatic rings. The number of hydrogen-bond donors (Lipinski definition) is 2. The number of amides is 1. The summed E-state index contributed by atoms with van der Waals surface area (Å²) in [7, 11) is 0. The van der Waals surface area contributed by atoms with Crippen LogP contribution < -0.4 is 10.6 Å². The summed E-state index contributed by atoms with van der Waals surface area (Å²) in [5.41, 5.74) is 3.41. The molecule has 0 bridgehead atoms. The molecule has 0 aromatic heterocycles. The normalized spacial score (nSPS) is 17.0. The van der Waals surface area contributed by atoms with E-state index in [0.717, 1.165) is 18.5 Å². The van der Waals surface area contributed by atoms with Crippen molar-refractivity contribution in [1.29, 1.82) is 5.26 Å². The lowest BCUT2D eigenvalue weighted by atomic mass is 9.91. The van der Waals surface area contributed by atoms with Crippen LogP contribution >= 0.6 is 0 Å². The maximum Gasteiger partial charge on any atom is 0.408 e. The summed E-state index contributed by atoms with van der Waals surface area (Å²) < 4.78 is 5.20. The molecule has 1 amide bonds. The summed E-state index contributed by atoms with van der Waals surface area (Å²) in [4.78, 5) is 12.0. The van der Waals surface area contributed by atoms with Crippen LogP contribution in [0.3, 0.4) is 0 Å². The van der Waals surface area contributed by atoms with Crippen molar-refractivity contribution in [3.63, 3.8) is 0 Å². The van der Waals surface area contributed by atoms with Gasteiger partial charge in [0.25, 0.3) is 0 Å². The third kappa shape index (κ3) is 4.59. The van der Waals surface area contributed by atoms with Crippen LogP contribution in [0, 0.1) is 11.3 Å². The van der Waals surface area contributed by atoms with E-state index in [1.807, 2.05) is 42.5 Å². The van der Waals surface area contributed by atoms with E-state index >= 15 is 0 Å². The zero-order valence-corrected chi connectivity index (χ0v) is 13.9. The number of nitriles is 1. The largest absolute Gasteiger partial charge is 0.445 e. The van der Waals surface area contributed by atoms with Gasteiger partial charge < -0.3 is 15.4 Å². The lowest BCUT2D eigenvalue weighted by Gasteiger charge is -2.28. The Hall–Kier alpha value is -2.84. The summed E-state index contributed by atoms with van der Waals surface area (Å²) in [5.74, 6) is 0. The van der Waals surface area contributed by atoms with E-state index in [1.54, 1.807) is 0 Å². The lowest BCUT2D eigenvalue weighted by Crippen LogP contribution is -2.39. The van der Waals surface area contributed by atoms with E-state index in [-0.39, 0.29) is 12.6 Å². The minimum absolute atomic E-state index is 0.0593. The van der Waals surface area contributed by atoms with Crippen LogP contribution in [0.5, 0.6) is 0 Å². The number of benzene rings is 2. The predicted octanol–water partition coefficient (Wildman–Crippen LogP) is 3.08. The van der Waals surface area contributed by atoms with E-state index in [9.17, 15) is 10.1 Å². The predicted molar refractivity (Wildman–Crippen MR) is 94.7 cm³/mol. The molecule has 2 aromatic carbocycles. The van der Waals surface area contributed by atoms with Crippen molar-refractivity contribution in [2.24, 2.45) is 0 Å². The molecule has 2 aromatic rings. The highest BCUT2D eigenvalue weighted by molar-refractivity contribution is 5.68. The van der Waals surface area contributed by atoms with E-state index in [4.69, 9.17) is 4.74 Å². The van der Waals surface area contributed by atoms with Gasteiger partial charge >= 0.3 is 6.09 Å². The van der Waals surface area contributed by atoms with Gasteiger partial charge in [-0.1, -0.05) is 54.6 Å². The van der Waals surface area contributed by atoms with Gasteiger partial charge in [0.1, 0.15) is 12.6 Å². The van der Waals surface area contributed by atoms with Crippen LogP contribution in [0.2, 0.25) is 0 Å². The average Bonchev–Trinajstić information content (AvgIpc) is 2.67. The molecule has 1 heterocycles. The Kier molecular flexibility index (Phi) is 5.65. The molecule has 2 N–H and O–H groups in total. The van der Waals surface area contributed by atoms with E-state index in [0.29, 0.717) is 6.42 Å². The third-order valence-electron chi connectivity index (χ3n) is 4.35. The van der Waals surface area contributed by atoms with Crippen molar-refractivity contribution in [2.45, 2.75) is 31.5 Å². The Morgan fingerprint density at radius 3 is 2.80 bits per heavy atom. The van der Waals surface area contributed by atoms with Crippen LogP contribution in [0.4, 0.5) is 4.79 Å². The number of carbonyl (C=O) groups is 1. The second-order valence-corrected chi connectivity index (χ2v) is 6.08. The molecule has 0 unspecified atom stereocenters. The molecule has 0 aliphatic carbocycles. The zero-order chi connectivity index (χ0) is 17.5. The number of fused-ring (bicyclic) bond motifs is 1. The van der Waals surface area contributed by atoms with Gasteiger partial charge in [-0.3, -0.25) is 0 Å². The molecule has 0 spiro atoms. The van der Waals surface area contributed by atoms with Crippen molar-refractivity contribution in [1.82, 2.24) is 10.6 Å². The lowest BCUT2D eigenvalue weighted by molar-refractivity contribution is 0.136. The molecule has 0 radical (unpaired) electrons. The number of alkyl carbamates (subject to hydrolysis) is 1. The summed E-state index contributed by atoms with van der Waals surface area (Å²) in [6, 6.07) is 19.3. The molecule has 25 heavy (non-hydrogen) atoms. The monoisotopic (exact) mass is 335 g/mol. The maximum atomic E-state index is 12.0. The van der Waals surface area contributed by atoms with Crippen molar-refractivity contribution in [3.8, 4) is 6.07 Å². The summed E-state index contributed by atoms with van der Waals surface area (Å²) in [6.07, 6.45) is 0.921. The van der Waals surface area contributed by atoms with Crippen molar-refractivity contribution in [3.05, 3.63) is 71.3 Å². The van der Waals surface area contributed by atoms with Crippen molar-refractivity contribution in [2.75, 3.05) is 6.54 Å². The molecule has 2 atom stereocenters. The second-order valence-electron chi connectivity index (χ2n) is 6.08. The molecule has 1 aliphatic heterocycles. The molecule has 0 saturated heterocycles. The molecule has 3 rings (SSSR count). The number of hydrogen-bond acceptors (Lipinski definition) is 4. The molecule has 5 heteroatoms. The Balaban J connectivity index is 1.55. The zero-order valence-electron chi connectivity index (χ0n) is 13.9. The molecular formula is C20H21N3O2. The first-order valence-corrected chi connectivity index (χ1v) is 8.44. The van der Waals surface area contributed by atoms with Gasteiger partial charge in [-0.05, 0) is 29.7 Å². The summed E-state index contributed by atoms with van der Waals surface area (Å²) >= 11 is 0. The summed E-state index contributed by atoms with van der Waals surface area (Å²) in [5, 5.41) is 15.5. The van der Waals surface area contributed by atoms with Crippen molar-refractivity contribution < 1.29 is 9.53 Å². The second kappa shape index (κ2) is 8.32. The van der Waals surface area contributed by atoms with Crippen LogP contribution in [0.25, 0.3) is 0 Å². The van der Waals surface area contributed by atoms with Gasteiger partial charge in [0.05, 0.1) is 6.07 Å². The topological polar surface area (TPSA) is 74.2 Å². The maximum absolute atomic E-state index is 12.0. The van der Waals surface area contributed by atoms with Gasteiger partial charge in [-0.25, -0.2) is 4.79 Å². The highest BCUT2D eigenvalue weighted by atomic mass is 16.5. The molecule has 5 nitrogen and oxygen atoms in total. The number of rotatable bonds is 5. The van der Waals surface area contributed by atoms with Crippen LogP contribution in [-0.4, -0.2) is 18.7 Å². The van der Waals surface area contributed by atoms with Gasteiger partial charge in [-0.15, -0.1) is 0 Å². The number of ether oxygens (including phenoxy) is 1. The van der Waals surface area contributed by atoms with Crippen LogP contribution in [-0.2, 0) is 17.8 Å². The van der Waals surface area contributed by atoms with Crippen LogP contribution in [0.1, 0.15) is 29.2 Å². The third-order valence-corrected chi connectivity index (χ3v) is 4.35. The SMILES string of the molecule is N#C[C@H](C[C@@H]1NCCc2ccccc21)NC(=O)OCc1ccccc1. The Bertz CT molecular complexity index is 755. The van der Waals surface area contributed by atoms with Gasteiger partial charge in [0.2, 0.25) is 0 Å². The Labute approximate surface area is 147 Å². The molecule has 128 valence electrons. The molecular weight excluding hydrogens is 314 g/mol. The van der Waals surface area contributed by atoms with Gasteiger partial charge in [0, 0.05) is 12.5 Å². The number of carbonyl (C=O) groups excluding carboxylic acids is 1. The highest BCUT2D eigenvalue weighted by Gasteiger charge is 2.24. The molecule has 0 fully saturated rings.